The smallest absolute Gasteiger partial charge is 0.326 e. The van der Waals surface area contributed by atoms with Crippen LogP contribution in [-0.2, 0) is 11.2 Å². The van der Waals surface area contributed by atoms with Crippen molar-refractivity contribution in [3.05, 3.63) is 22.4 Å². The van der Waals surface area contributed by atoms with Gasteiger partial charge < -0.3 is 20.4 Å². The van der Waals surface area contributed by atoms with E-state index in [0.717, 1.165) is 11.3 Å². The van der Waals surface area contributed by atoms with Gasteiger partial charge in [-0.05, 0) is 17.9 Å². The molecule has 0 radical (unpaired) electrons. The first-order valence-electron chi connectivity index (χ1n) is 6.05. The van der Waals surface area contributed by atoms with E-state index in [1.165, 1.54) is 4.90 Å². The number of aliphatic carboxylic acids is 1. The number of hydrogen-bond donors (Lipinski definition) is 3. The molecule has 2 heterocycles. The summed E-state index contributed by atoms with van der Waals surface area (Å²) in [4.78, 5) is 25.2. The monoisotopic (exact) mass is 284 g/mol. The Labute approximate surface area is 114 Å². The molecule has 1 aliphatic rings. The van der Waals surface area contributed by atoms with Gasteiger partial charge in [0.2, 0.25) is 0 Å². The number of urea groups is 1. The van der Waals surface area contributed by atoms with Gasteiger partial charge in [-0.3, -0.25) is 0 Å². The van der Waals surface area contributed by atoms with Gasteiger partial charge in [-0.2, -0.15) is 0 Å². The van der Waals surface area contributed by atoms with Gasteiger partial charge in [0.05, 0.1) is 6.10 Å². The number of nitrogens with zero attached hydrogens (tertiary/aromatic N) is 1. The normalized spacial score (nSPS) is 22.5. The van der Waals surface area contributed by atoms with Gasteiger partial charge >= 0.3 is 12.0 Å². The number of hydrogen-bond acceptors (Lipinski definition) is 4. The lowest BCUT2D eigenvalue weighted by Gasteiger charge is -2.21. The van der Waals surface area contributed by atoms with Crippen LogP contribution in [0.4, 0.5) is 4.79 Å². The number of thiophene rings is 1. The second-order valence-corrected chi connectivity index (χ2v) is 5.49. The second kappa shape index (κ2) is 6.03. The molecule has 1 aromatic heterocycles. The molecule has 19 heavy (non-hydrogen) atoms. The van der Waals surface area contributed by atoms with Crippen LogP contribution in [0.3, 0.4) is 0 Å². The van der Waals surface area contributed by atoms with E-state index in [1.54, 1.807) is 11.3 Å². The van der Waals surface area contributed by atoms with Gasteiger partial charge in [0.25, 0.3) is 0 Å². The lowest BCUT2D eigenvalue weighted by molar-refractivity contribution is -0.141. The van der Waals surface area contributed by atoms with Gasteiger partial charge in [0, 0.05) is 24.4 Å². The average Bonchev–Trinajstić information content (AvgIpc) is 2.98. The predicted molar refractivity (Wildman–Crippen MR) is 70.2 cm³/mol. The highest BCUT2D eigenvalue weighted by atomic mass is 32.1. The maximum Gasteiger partial charge on any atom is 0.326 e. The van der Waals surface area contributed by atoms with E-state index in [2.05, 4.69) is 5.32 Å². The number of nitrogens with one attached hydrogen (secondary N) is 1. The highest BCUT2D eigenvalue weighted by molar-refractivity contribution is 7.09. The topological polar surface area (TPSA) is 89.9 Å². The number of carboxylic acid groups (broad SMARTS) is 1. The van der Waals surface area contributed by atoms with Gasteiger partial charge in [0.15, 0.2) is 0 Å². The third-order valence-electron chi connectivity index (χ3n) is 3.05. The Bertz CT molecular complexity index is 449. The van der Waals surface area contributed by atoms with Crippen LogP contribution >= 0.6 is 11.3 Å². The van der Waals surface area contributed by atoms with E-state index >= 15 is 0 Å². The SMILES string of the molecule is O=C(O)C1CC(O)CN1C(=O)NCCc1cccs1. The summed E-state index contributed by atoms with van der Waals surface area (Å²) < 4.78 is 0. The van der Waals surface area contributed by atoms with Crippen molar-refractivity contribution in [3.8, 4) is 0 Å². The number of aliphatic hydroxyl groups is 1. The molecule has 1 aliphatic heterocycles. The zero-order chi connectivity index (χ0) is 13.8. The summed E-state index contributed by atoms with van der Waals surface area (Å²) in [6, 6.07) is 2.56. The van der Waals surface area contributed by atoms with Crippen LogP contribution in [0, 0.1) is 0 Å². The Kier molecular flexibility index (Phi) is 4.39. The van der Waals surface area contributed by atoms with Crippen molar-refractivity contribution >= 4 is 23.3 Å². The Morgan fingerprint density at radius 2 is 2.32 bits per heavy atom. The molecular formula is C12H16N2O4S. The molecular weight excluding hydrogens is 268 g/mol. The Hall–Kier alpha value is -1.60. The number of carboxylic acids is 1. The molecule has 1 saturated heterocycles. The summed E-state index contributed by atoms with van der Waals surface area (Å²) in [6.07, 6.45) is 0.0507. The summed E-state index contributed by atoms with van der Waals surface area (Å²) in [7, 11) is 0. The second-order valence-electron chi connectivity index (χ2n) is 4.46. The van der Waals surface area contributed by atoms with E-state index in [0.29, 0.717) is 6.54 Å². The maximum atomic E-state index is 11.9. The summed E-state index contributed by atoms with van der Waals surface area (Å²) in [5, 5.41) is 23.1. The summed E-state index contributed by atoms with van der Waals surface area (Å²) in [5.41, 5.74) is 0. The van der Waals surface area contributed by atoms with Gasteiger partial charge in [-0.1, -0.05) is 6.07 Å². The van der Waals surface area contributed by atoms with Crippen LogP contribution in [-0.4, -0.2) is 52.3 Å². The Morgan fingerprint density at radius 3 is 2.95 bits per heavy atom. The first-order chi connectivity index (χ1) is 9.08. The Morgan fingerprint density at radius 1 is 1.53 bits per heavy atom. The summed E-state index contributed by atoms with van der Waals surface area (Å²) >= 11 is 1.61. The first-order valence-corrected chi connectivity index (χ1v) is 6.93. The number of likely N-dealkylation sites (tertiary alicyclic amines) is 1. The number of carbonyl (C=O) groups excluding carboxylic acids is 1. The van der Waals surface area contributed by atoms with E-state index in [-0.39, 0.29) is 13.0 Å². The van der Waals surface area contributed by atoms with Crippen LogP contribution in [0.1, 0.15) is 11.3 Å². The van der Waals surface area contributed by atoms with E-state index in [9.17, 15) is 14.7 Å². The van der Waals surface area contributed by atoms with Crippen molar-refractivity contribution < 1.29 is 19.8 Å². The van der Waals surface area contributed by atoms with Crippen molar-refractivity contribution in [2.75, 3.05) is 13.1 Å². The molecule has 2 unspecified atom stereocenters. The molecule has 6 nitrogen and oxygen atoms in total. The average molecular weight is 284 g/mol. The largest absolute Gasteiger partial charge is 0.480 e. The number of β-amino-alcohol motifs (C(OH)–C–C–N with tert-alkyl or cyclic N) is 1. The molecule has 0 aliphatic carbocycles. The summed E-state index contributed by atoms with van der Waals surface area (Å²) in [5.74, 6) is -1.08. The highest BCUT2D eigenvalue weighted by Crippen LogP contribution is 2.18. The van der Waals surface area contributed by atoms with Gasteiger partial charge in [0.1, 0.15) is 6.04 Å². The molecule has 0 spiro atoms. The van der Waals surface area contributed by atoms with Crippen molar-refractivity contribution in [1.82, 2.24) is 10.2 Å². The van der Waals surface area contributed by atoms with Crippen LogP contribution in [0.2, 0.25) is 0 Å². The zero-order valence-electron chi connectivity index (χ0n) is 10.3. The van der Waals surface area contributed by atoms with Crippen molar-refractivity contribution in [2.24, 2.45) is 0 Å². The minimum absolute atomic E-state index is 0.0712. The molecule has 2 amide bonds. The van der Waals surface area contributed by atoms with Crippen LogP contribution in [0.5, 0.6) is 0 Å². The fraction of sp³-hybridized carbons (Fsp3) is 0.500. The van der Waals surface area contributed by atoms with Crippen molar-refractivity contribution in [2.45, 2.75) is 25.0 Å². The molecule has 2 rings (SSSR count). The standard InChI is InChI=1S/C12H16N2O4S/c15-8-6-10(11(16)17)14(7-8)12(18)13-4-3-9-2-1-5-19-9/h1-2,5,8,10,15H,3-4,6-7H2,(H,13,18)(H,16,17). The van der Waals surface area contributed by atoms with Crippen LogP contribution in [0.15, 0.2) is 17.5 Å². The fourth-order valence-electron chi connectivity index (χ4n) is 2.12. The summed E-state index contributed by atoms with van der Waals surface area (Å²) in [6.45, 7) is 0.528. The predicted octanol–water partition coefficient (Wildman–Crippen LogP) is 0.520. The van der Waals surface area contributed by atoms with Gasteiger partial charge in [-0.25, -0.2) is 9.59 Å². The maximum absolute atomic E-state index is 11.9. The number of rotatable bonds is 4. The molecule has 7 heteroatoms. The van der Waals surface area contributed by atoms with E-state index in [1.807, 2.05) is 17.5 Å². The quantitative estimate of drug-likeness (QED) is 0.752. The molecule has 0 aromatic carbocycles. The highest BCUT2D eigenvalue weighted by Gasteiger charge is 2.38. The van der Waals surface area contributed by atoms with Crippen LogP contribution < -0.4 is 5.32 Å². The first kappa shape index (κ1) is 13.8. The van der Waals surface area contributed by atoms with Crippen molar-refractivity contribution in [1.29, 1.82) is 0 Å². The molecule has 3 N–H and O–H groups in total. The zero-order valence-corrected chi connectivity index (χ0v) is 11.1. The number of carbonyl (C=O) groups is 2. The molecule has 104 valence electrons. The third-order valence-corrected chi connectivity index (χ3v) is 3.99. The number of amides is 2. The molecule has 1 fully saturated rings. The van der Waals surface area contributed by atoms with Crippen molar-refractivity contribution in [3.63, 3.8) is 0 Å². The molecule has 2 atom stereocenters. The van der Waals surface area contributed by atoms with Gasteiger partial charge in [-0.15, -0.1) is 11.3 Å². The molecule has 0 bridgehead atoms. The van der Waals surface area contributed by atoms with E-state index in [4.69, 9.17) is 5.11 Å². The minimum Gasteiger partial charge on any atom is -0.480 e. The molecule has 1 aromatic rings. The lowest BCUT2D eigenvalue weighted by Crippen LogP contribution is -2.46. The minimum atomic E-state index is -1.08. The lowest BCUT2D eigenvalue weighted by atomic mass is 10.2. The van der Waals surface area contributed by atoms with E-state index < -0.39 is 24.1 Å². The number of aliphatic hydroxyl groups excluding tert-OH is 1. The molecule has 0 saturated carbocycles. The fourth-order valence-corrected chi connectivity index (χ4v) is 2.83. The van der Waals surface area contributed by atoms with Crippen LogP contribution in [0.25, 0.3) is 0 Å². The third kappa shape index (κ3) is 3.45. The Balaban J connectivity index is 1.83.